The van der Waals surface area contributed by atoms with Gasteiger partial charge in [0.15, 0.2) is 0 Å². The second-order valence-corrected chi connectivity index (χ2v) is 6.11. The Balaban J connectivity index is 1.99. The third kappa shape index (κ3) is 1.06. The van der Waals surface area contributed by atoms with Gasteiger partial charge in [-0.15, -0.1) is 0 Å². The van der Waals surface area contributed by atoms with E-state index in [1.165, 1.54) is 38.5 Å². The third-order valence-electron chi connectivity index (χ3n) is 5.51. The van der Waals surface area contributed by atoms with Crippen molar-refractivity contribution in [3.63, 3.8) is 0 Å². The van der Waals surface area contributed by atoms with Crippen LogP contribution in [0.2, 0.25) is 0 Å². The molecule has 0 heterocycles. The van der Waals surface area contributed by atoms with E-state index in [1.54, 1.807) is 5.57 Å². The van der Waals surface area contributed by atoms with Gasteiger partial charge in [0.1, 0.15) is 0 Å². The molecule has 0 nitrogen and oxygen atoms in total. The van der Waals surface area contributed by atoms with E-state index in [9.17, 15) is 0 Å². The van der Waals surface area contributed by atoms with Crippen LogP contribution in [-0.2, 0) is 0 Å². The van der Waals surface area contributed by atoms with Gasteiger partial charge in [-0.25, -0.2) is 0 Å². The first-order valence-corrected chi connectivity index (χ1v) is 6.39. The van der Waals surface area contributed by atoms with Crippen LogP contribution in [0, 0.1) is 23.2 Å². The zero-order valence-corrected chi connectivity index (χ0v) is 9.55. The molecule has 0 N–H and O–H groups in total. The molecule has 3 rings (SSSR count). The highest BCUT2D eigenvalue weighted by Gasteiger charge is 2.48. The smallest absolute Gasteiger partial charge is 0.00850 e. The maximum absolute atomic E-state index is 2.62. The molecule has 0 heteroatoms. The summed E-state index contributed by atoms with van der Waals surface area (Å²) in [5.41, 5.74) is 2.32. The molecule has 0 aromatic heterocycles. The van der Waals surface area contributed by atoms with Gasteiger partial charge in [0.05, 0.1) is 0 Å². The average molecular weight is 190 g/mol. The van der Waals surface area contributed by atoms with Crippen LogP contribution in [0.3, 0.4) is 0 Å². The molecule has 78 valence electrons. The SMILES string of the molecule is CC1=CC2CCCC3CCC1(C)C2C3. The number of allylic oxidation sites excluding steroid dienone is 2. The van der Waals surface area contributed by atoms with Crippen LogP contribution in [0.25, 0.3) is 0 Å². The Kier molecular flexibility index (Phi) is 1.84. The Bertz CT molecular complexity index is 276. The van der Waals surface area contributed by atoms with Crippen molar-refractivity contribution in [2.45, 2.75) is 52.4 Å². The summed E-state index contributed by atoms with van der Waals surface area (Å²) in [6.45, 7) is 4.92. The number of fused-ring (bicyclic) bond motifs is 1. The van der Waals surface area contributed by atoms with Crippen LogP contribution in [0.15, 0.2) is 11.6 Å². The molecule has 3 aliphatic carbocycles. The van der Waals surface area contributed by atoms with Crippen molar-refractivity contribution in [3.8, 4) is 0 Å². The fourth-order valence-electron chi connectivity index (χ4n) is 4.38. The summed E-state index contributed by atoms with van der Waals surface area (Å²) in [7, 11) is 0. The molecule has 14 heavy (non-hydrogen) atoms. The zero-order chi connectivity index (χ0) is 9.76. The molecular weight excluding hydrogens is 168 g/mol. The van der Waals surface area contributed by atoms with Gasteiger partial charge in [0, 0.05) is 0 Å². The van der Waals surface area contributed by atoms with Crippen molar-refractivity contribution in [3.05, 3.63) is 11.6 Å². The van der Waals surface area contributed by atoms with Crippen molar-refractivity contribution >= 4 is 0 Å². The van der Waals surface area contributed by atoms with Gasteiger partial charge in [0.25, 0.3) is 0 Å². The Labute approximate surface area is 87.8 Å². The molecule has 3 aliphatic rings. The van der Waals surface area contributed by atoms with Crippen LogP contribution < -0.4 is 0 Å². The first kappa shape index (κ1) is 9.00. The molecule has 2 bridgehead atoms. The number of rotatable bonds is 0. The molecule has 0 aliphatic heterocycles. The summed E-state index contributed by atoms with van der Waals surface area (Å²) in [6.07, 6.45) is 11.6. The summed E-state index contributed by atoms with van der Waals surface area (Å²) < 4.78 is 0. The van der Waals surface area contributed by atoms with Gasteiger partial charge in [-0.05, 0) is 55.8 Å². The lowest BCUT2D eigenvalue weighted by Gasteiger charge is -2.42. The summed E-state index contributed by atoms with van der Waals surface area (Å²) >= 11 is 0. The summed E-state index contributed by atoms with van der Waals surface area (Å²) in [5.74, 6) is 3.05. The first-order chi connectivity index (χ1) is 6.70. The topological polar surface area (TPSA) is 0 Å². The molecule has 2 saturated carbocycles. The molecule has 0 amide bonds. The Morgan fingerprint density at radius 3 is 3.00 bits per heavy atom. The predicted octanol–water partition coefficient (Wildman–Crippen LogP) is 4.17. The minimum absolute atomic E-state index is 0.603. The highest BCUT2D eigenvalue weighted by Crippen LogP contribution is 2.58. The second kappa shape index (κ2) is 2.87. The predicted molar refractivity (Wildman–Crippen MR) is 60.0 cm³/mol. The van der Waals surface area contributed by atoms with Crippen LogP contribution in [0.1, 0.15) is 52.4 Å². The van der Waals surface area contributed by atoms with Crippen molar-refractivity contribution in [2.75, 3.05) is 0 Å². The molecule has 0 aromatic carbocycles. The van der Waals surface area contributed by atoms with E-state index in [-0.39, 0.29) is 0 Å². The zero-order valence-electron chi connectivity index (χ0n) is 9.55. The second-order valence-electron chi connectivity index (χ2n) is 6.11. The Morgan fingerprint density at radius 2 is 2.14 bits per heavy atom. The van der Waals surface area contributed by atoms with Crippen molar-refractivity contribution < 1.29 is 0 Å². The molecule has 0 aromatic rings. The largest absolute Gasteiger partial charge is 0.0816 e. The van der Waals surface area contributed by atoms with Gasteiger partial charge in [0.2, 0.25) is 0 Å². The van der Waals surface area contributed by atoms with Gasteiger partial charge >= 0.3 is 0 Å². The number of hydrogen-bond acceptors (Lipinski definition) is 0. The normalized spacial score (nSPS) is 51.3. The highest BCUT2D eigenvalue weighted by molar-refractivity contribution is 5.24. The minimum atomic E-state index is 0.603. The lowest BCUT2D eigenvalue weighted by Crippen LogP contribution is -2.33. The standard InChI is InChI=1S/C14H22/c1-10-8-12-5-3-4-11-6-7-14(10,2)13(12)9-11/h8,11-13H,3-7,9H2,1-2H3. The average Bonchev–Trinajstić information content (AvgIpc) is 2.35. The van der Waals surface area contributed by atoms with Crippen molar-refractivity contribution in [2.24, 2.45) is 23.2 Å². The highest BCUT2D eigenvalue weighted by atomic mass is 14.5. The fourth-order valence-corrected chi connectivity index (χ4v) is 4.38. The van der Waals surface area contributed by atoms with E-state index >= 15 is 0 Å². The van der Waals surface area contributed by atoms with Crippen LogP contribution in [0.4, 0.5) is 0 Å². The van der Waals surface area contributed by atoms with Crippen molar-refractivity contribution in [1.82, 2.24) is 0 Å². The van der Waals surface area contributed by atoms with Gasteiger partial charge < -0.3 is 0 Å². The van der Waals surface area contributed by atoms with E-state index in [2.05, 4.69) is 19.9 Å². The van der Waals surface area contributed by atoms with E-state index in [1.807, 2.05) is 0 Å². The Morgan fingerprint density at radius 1 is 1.29 bits per heavy atom. The molecule has 4 unspecified atom stereocenters. The molecule has 0 saturated heterocycles. The molecule has 0 spiro atoms. The van der Waals surface area contributed by atoms with Gasteiger partial charge in [-0.1, -0.05) is 31.4 Å². The summed E-state index contributed by atoms with van der Waals surface area (Å²) in [4.78, 5) is 0. The van der Waals surface area contributed by atoms with Gasteiger partial charge in [-0.3, -0.25) is 0 Å². The third-order valence-corrected chi connectivity index (χ3v) is 5.51. The first-order valence-electron chi connectivity index (χ1n) is 6.39. The molecule has 2 fully saturated rings. The van der Waals surface area contributed by atoms with E-state index in [4.69, 9.17) is 0 Å². The van der Waals surface area contributed by atoms with E-state index in [0.29, 0.717) is 5.41 Å². The van der Waals surface area contributed by atoms with Crippen LogP contribution in [0.5, 0.6) is 0 Å². The lowest BCUT2D eigenvalue weighted by molar-refractivity contribution is 0.113. The van der Waals surface area contributed by atoms with Crippen LogP contribution in [-0.4, -0.2) is 0 Å². The lowest BCUT2D eigenvalue weighted by atomic mass is 9.62. The van der Waals surface area contributed by atoms with Gasteiger partial charge in [-0.2, -0.15) is 0 Å². The molecule has 0 radical (unpaired) electrons. The minimum Gasteiger partial charge on any atom is -0.0816 e. The van der Waals surface area contributed by atoms with E-state index in [0.717, 1.165) is 17.8 Å². The molecule has 4 atom stereocenters. The summed E-state index contributed by atoms with van der Waals surface area (Å²) in [5, 5.41) is 0. The molecular formula is C14H22. The maximum Gasteiger partial charge on any atom is -0.00850 e. The summed E-state index contributed by atoms with van der Waals surface area (Å²) in [6, 6.07) is 0. The quantitative estimate of drug-likeness (QED) is 0.503. The van der Waals surface area contributed by atoms with Crippen LogP contribution >= 0.6 is 0 Å². The maximum atomic E-state index is 2.62. The van der Waals surface area contributed by atoms with Crippen molar-refractivity contribution in [1.29, 1.82) is 0 Å². The number of hydrogen-bond donors (Lipinski definition) is 0. The fraction of sp³-hybridized carbons (Fsp3) is 0.857. The van der Waals surface area contributed by atoms with E-state index < -0.39 is 0 Å². The Hall–Kier alpha value is -0.260. The monoisotopic (exact) mass is 190 g/mol.